The standard InChI is InChI=1S/C26H39N9O9/c1-4-12(2)20(26(43)44)34-24(41)18(6-15-9-29-11-31-15)32-23(40)17(5-14-8-28-10-30-14)33-25(42)21(13(3)36)35-22(39)16(27)7-19(37)38/h8-13,16-18,20-21,36H,4-7,27H2,1-3H3,(H,28,30)(H,29,31)(H,32,40)(H,33,42)(H,34,41)(H,35,39)(H,37,38)(H,43,44)/t12-,13+,16-,17-,18-,20-,21-/m0/s1. The summed E-state index contributed by atoms with van der Waals surface area (Å²) in [6.45, 7) is 4.61. The molecule has 0 aliphatic carbocycles. The van der Waals surface area contributed by atoms with Crippen LogP contribution in [0.1, 0.15) is 45.0 Å². The molecular formula is C26H39N9O9. The molecule has 2 aromatic heterocycles. The van der Waals surface area contributed by atoms with Gasteiger partial charge in [-0.1, -0.05) is 20.3 Å². The number of hydrogen-bond donors (Lipinski definition) is 10. The third-order valence-electron chi connectivity index (χ3n) is 6.79. The average molecular weight is 622 g/mol. The number of carboxylic acid groups (broad SMARTS) is 2. The van der Waals surface area contributed by atoms with Crippen molar-refractivity contribution in [2.24, 2.45) is 11.7 Å². The molecule has 11 N–H and O–H groups in total. The lowest BCUT2D eigenvalue weighted by Gasteiger charge is -2.27. The second-order valence-corrected chi connectivity index (χ2v) is 10.3. The maximum absolute atomic E-state index is 13.6. The van der Waals surface area contributed by atoms with E-state index in [-0.39, 0.29) is 12.8 Å². The van der Waals surface area contributed by atoms with Crippen LogP contribution in [0.15, 0.2) is 25.0 Å². The Balaban J connectivity index is 2.31. The minimum Gasteiger partial charge on any atom is -0.481 e. The Bertz CT molecular complexity index is 1270. The molecule has 0 spiro atoms. The molecule has 0 aliphatic heterocycles. The number of hydrogen-bond acceptors (Lipinski definition) is 10. The summed E-state index contributed by atoms with van der Waals surface area (Å²) < 4.78 is 0. The van der Waals surface area contributed by atoms with E-state index in [1.165, 1.54) is 32.0 Å². The van der Waals surface area contributed by atoms with Gasteiger partial charge in [-0.3, -0.25) is 24.0 Å². The van der Waals surface area contributed by atoms with Gasteiger partial charge in [-0.2, -0.15) is 0 Å². The average Bonchev–Trinajstić information content (AvgIpc) is 3.67. The molecule has 7 atom stereocenters. The molecule has 44 heavy (non-hydrogen) atoms. The zero-order valence-corrected chi connectivity index (χ0v) is 24.4. The Morgan fingerprint density at radius 2 is 1.27 bits per heavy atom. The van der Waals surface area contributed by atoms with Crippen LogP contribution in [0.2, 0.25) is 0 Å². The van der Waals surface area contributed by atoms with Gasteiger partial charge in [-0.15, -0.1) is 0 Å². The van der Waals surface area contributed by atoms with Crippen LogP contribution in [0, 0.1) is 5.92 Å². The van der Waals surface area contributed by atoms with Crippen molar-refractivity contribution in [3.05, 3.63) is 36.4 Å². The summed E-state index contributed by atoms with van der Waals surface area (Å²) in [5.41, 5.74) is 6.42. The Hall–Kier alpha value is -4.84. The van der Waals surface area contributed by atoms with Crippen LogP contribution in [-0.4, -0.2) is 107 Å². The first-order chi connectivity index (χ1) is 20.7. The molecule has 2 rings (SSSR count). The van der Waals surface area contributed by atoms with Crippen molar-refractivity contribution in [2.45, 2.75) is 82.8 Å². The topological polar surface area (TPSA) is 295 Å². The van der Waals surface area contributed by atoms with Gasteiger partial charge in [0.25, 0.3) is 0 Å². The summed E-state index contributed by atoms with van der Waals surface area (Å²) in [6, 6.07) is -7.09. The lowest BCUT2D eigenvalue weighted by Crippen LogP contribution is -2.61. The van der Waals surface area contributed by atoms with E-state index in [0.29, 0.717) is 17.8 Å². The largest absolute Gasteiger partial charge is 0.481 e. The van der Waals surface area contributed by atoms with Gasteiger partial charge in [0.15, 0.2) is 0 Å². The van der Waals surface area contributed by atoms with Crippen molar-refractivity contribution in [1.29, 1.82) is 0 Å². The number of rotatable bonds is 18. The van der Waals surface area contributed by atoms with E-state index in [1.54, 1.807) is 13.8 Å². The summed E-state index contributed by atoms with van der Waals surface area (Å²) in [5.74, 6) is -6.72. The molecule has 4 amide bonds. The first-order valence-electron chi connectivity index (χ1n) is 13.8. The van der Waals surface area contributed by atoms with Crippen LogP contribution in [-0.2, 0) is 41.6 Å². The molecule has 242 valence electrons. The van der Waals surface area contributed by atoms with Gasteiger partial charge in [-0.25, -0.2) is 14.8 Å². The Labute approximate surface area is 252 Å². The number of aliphatic hydroxyl groups is 1. The quantitative estimate of drug-likeness (QED) is 0.0806. The van der Waals surface area contributed by atoms with Crippen molar-refractivity contribution in [1.82, 2.24) is 41.2 Å². The van der Waals surface area contributed by atoms with Gasteiger partial charge < -0.3 is 52.3 Å². The molecule has 0 aliphatic rings. The van der Waals surface area contributed by atoms with Gasteiger partial charge in [0.05, 0.1) is 31.2 Å². The number of nitrogens with zero attached hydrogens (tertiary/aromatic N) is 2. The molecule has 18 heteroatoms. The van der Waals surface area contributed by atoms with Crippen molar-refractivity contribution < 1.29 is 44.1 Å². The molecule has 2 heterocycles. The van der Waals surface area contributed by atoms with Gasteiger partial charge in [-0.05, 0) is 12.8 Å². The minimum absolute atomic E-state index is 0.108. The van der Waals surface area contributed by atoms with Crippen LogP contribution in [0.4, 0.5) is 0 Å². The van der Waals surface area contributed by atoms with E-state index in [9.17, 15) is 39.0 Å². The summed E-state index contributed by atoms with van der Waals surface area (Å²) in [6.07, 6.45) is 3.47. The SMILES string of the molecule is CC[C@H](C)[C@H](NC(=O)[C@H](Cc1cnc[nH]1)NC(=O)[C@H](Cc1cnc[nH]1)NC(=O)[C@@H](NC(=O)[C@@H](N)CC(=O)O)[C@@H](C)O)C(=O)O. The third kappa shape index (κ3) is 10.8. The number of aliphatic carboxylic acids is 2. The first-order valence-corrected chi connectivity index (χ1v) is 13.8. The minimum atomic E-state index is -1.63. The normalized spacial score (nSPS) is 15.8. The fourth-order valence-corrected chi connectivity index (χ4v) is 4.07. The van der Waals surface area contributed by atoms with Crippen molar-refractivity contribution in [2.75, 3.05) is 0 Å². The van der Waals surface area contributed by atoms with Crippen molar-refractivity contribution in [3.8, 4) is 0 Å². The molecule has 0 bridgehead atoms. The highest BCUT2D eigenvalue weighted by Gasteiger charge is 2.34. The second-order valence-electron chi connectivity index (χ2n) is 10.3. The maximum Gasteiger partial charge on any atom is 0.326 e. The predicted octanol–water partition coefficient (Wildman–Crippen LogP) is -2.83. The lowest BCUT2D eigenvalue weighted by molar-refractivity contribution is -0.144. The highest BCUT2D eigenvalue weighted by Crippen LogP contribution is 2.10. The van der Waals surface area contributed by atoms with E-state index in [2.05, 4.69) is 41.2 Å². The number of carbonyl (C=O) groups excluding carboxylic acids is 4. The molecule has 0 saturated carbocycles. The molecule has 0 aromatic carbocycles. The van der Waals surface area contributed by atoms with E-state index < -0.39 is 84.2 Å². The number of imidazole rings is 2. The van der Waals surface area contributed by atoms with Crippen molar-refractivity contribution in [3.63, 3.8) is 0 Å². The smallest absolute Gasteiger partial charge is 0.326 e. The zero-order valence-electron chi connectivity index (χ0n) is 24.4. The summed E-state index contributed by atoms with van der Waals surface area (Å²) >= 11 is 0. The molecule has 18 nitrogen and oxygen atoms in total. The Morgan fingerprint density at radius 1 is 0.795 bits per heavy atom. The third-order valence-corrected chi connectivity index (χ3v) is 6.79. The van der Waals surface area contributed by atoms with E-state index in [4.69, 9.17) is 10.8 Å². The highest BCUT2D eigenvalue weighted by atomic mass is 16.4. The summed E-state index contributed by atoms with van der Waals surface area (Å²) in [7, 11) is 0. The molecule has 0 unspecified atom stereocenters. The van der Waals surface area contributed by atoms with E-state index in [0.717, 1.165) is 0 Å². The van der Waals surface area contributed by atoms with Crippen LogP contribution in [0.25, 0.3) is 0 Å². The summed E-state index contributed by atoms with van der Waals surface area (Å²) in [5, 5.41) is 38.4. The number of nitrogens with one attached hydrogen (secondary N) is 6. The predicted molar refractivity (Wildman–Crippen MR) is 151 cm³/mol. The number of aliphatic hydroxyl groups excluding tert-OH is 1. The Morgan fingerprint density at radius 3 is 1.68 bits per heavy atom. The maximum atomic E-state index is 13.6. The molecule has 0 radical (unpaired) electrons. The van der Waals surface area contributed by atoms with Gasteiger partial charge in [0.2, 0.25) is 23.6 Å². The first kappa shape index (κ1) is 35.4. The van der Waals surface area contributed by atoms with E-state index >= 15 is 0 Å². The lowest BCUT2D eigenvalue weighted by atomic mass is 9.98. The van der Waals surface area contributed by atoms with Crippen LogP contribution in [0.5, 0.6) is 0 Å². The highest BCUT2D eigenvalue weighted by molar-refractivity contribution is 5.96. The molecule has 0 saturated heterocycles. The fourth-order valence-electron chi connectivity index (χ4n) is 4.07. The molecule has 0 fully saturated rings. The monoisotopic (exact) mass is 621 g/mol. The number of carbonyl (C=O) groups is 6. The number of amides is 4. The van der Waals surface area contributed by atoms with Crippen LogP contribution < -0.4 is 27.0 Å². The van der Waals surface area contributed by atoms with Crippen LogP contribution >= 0.6 is 0 Å². The number of aromatic amines is 2. The zero-order chi connectivity index (χ0) is 33.0. The number of carboxylic acids is 2. The molecular weight excluding hydrogens is 582 g/mol. The fraction of sp³-hybridized carbons (Fsp3) is 0.538. The number of H-pyrrole nitrogens is 2. The van der Waals surface area contributed by atoms with Crippen molar-refractivity contribution >= 4 is 35.6 Å². The number of nitrogens with two attached hydrogens (primary N) is 1. The molecule has 2 aromatic rings. The van der Waals surface area contributed by atoms with Crippen LogP contribution in [0.3, 0.4) is 0 Å². The van der Waals surface area contributed by atoms with E-state index in [1.807, 2.05) is 0 Å². The van der Waals surface area contributed by atoms with Gasteiger partial charge in [0, 0.05) is 36.6 Å². The van der Waals surface area contributed by atoms with Gasteiger partial charge in [0.1, 0.15) is 24.2 Å². The Kier molecular flexibility index (Phi) is 13.4. The summed E-state index contributed by atoms with van der Waals surface area (Å²) in [4.78, 5) is 88.6. The van der Waals surface area contributed by atoms with Gasteiger partial charge >= 0.3 is 11.9 Å². The number of aromatic nitrogens is 4. The second kappa shape index (κ2) is 16.7.